The molecule has 0 aromatic heterocycles. The van der Waals surface area contributed by atoms with Gasteiger partial charge in [0.15, 0.2) is 0 Å². The van der Waals surface area contributed by atoms with Crippen LogP contribution in [-0.2, 0) is 9.53 Å². The Balaban J connectivity index is 1.58. The smallest absolute Gasteiger partial charge is 0.226 e. The van der Waals surface area contributed by atoms with E-state index in [0.717, 1.165) is 38.5 Å². The van der Waals surface area contributed by atoms with Crippen LogP contribution in [0, 0.1) is 11.3 Å². The summed E-state index contributed by atoms with van der Waals surface area (Å²) in [5.74, 6) is 0.988. The summed E-state index contributed by atoms with van der Waals surface area (Å²) in [5, 5.41) is 6.28. The fraction of sp³-hybridized carbons (Fsp3) is 0.923. The average Bonchev–Trinajstić information content (AvgIpc) is 3.13. The van der Waals surface area contributed by atoms with Crippen LogP contribution < -0.4 is 10.6 Å². The molecule has 17 heavy (non-hydrogen) atoms. The highest BCUT2D eigenvalue weighted by Crippen LogP contribution is 2.29. The van der Waals surface area contributed by atoms with Gasteiger partial charge in [-0.2, -0.15) is 0 Å². The molecule has 0 aromatic rings. The first kappa shape index (κ1) is 12.8. The molecule has 2 aliphatic rings. The van der Waals surface area contributed by atoms with E-state index in [1.165, 1.54) is 12.8 Å². The van der Waals surface area contributed by atoms with Gasteiger partial charge in [-0.05, 0) is 44.7 Å². The van der Waals surface area contributed by atoms with E-state index in [1.54, 1.807) is 0 Å². The first-order chi connectivity index (χ1) is 8.21. The molecular formula is C13H24N2O2. The number of amides is 1. The topological polar surface area (TPSA) is 50.4 Å². The third-order valence-electron chi connectivity index (χ3n) is 3.84. The molecule has 1 aliphatic heterocycles. The second-order valence-corrected chi connectivity index (χ2v) is 5.58. The predicted octanol–water partition coefficient (Wildman–Crippen LogP) is 0.919. The minimum absolute atomic E-state index is 0.179. The Morgan fingerprint density at radius 3 is 2.76 bits per heavy atom. The number of ether oxygens (including phenoxy) is 1. The van der Waals surface area contributed by atoms with Crippen molar-refractivity contribution in [3.05, 3.63) is 0 Å². The maximum Gasteiger partial charge on any atom is 0.226 e. The molecule has 0 spiro atoms. The highest BCUT2D eigenvalue weighted by molar-refractivity contribution is 5.82. The number of hydrogen-bond acceptors (Lipinski definition) is 3. The van der Waals surface area contributed by atoms with E-state index in [-0.39, 0.29) is 11.3 Å². The lowest BCUT2D eigenvalue weighted by atomic mass is 9.80. The summed E-state index contributed by atoms with van der Waals surface area (Å²) in [4.78, 5) is 12.0. The maximum atomic E-state index is 12.0. The molecular weight excluding hydrogens is 216 g/mol. The highest BCUT2D eigenvalue weighted by Gasteiger charge is 2.34. The number of carbonyl (C=O) groups excluding carboxylic acids is 1. The van der Waals surface area contributed by atoms with Gasteiger partial charge in [0.25, 0.3) is 0 Å². The zero-order chi connectivity index (χ0) is 12.1. The van der Waals surface area contributed by atoms with E-state index < -0.39 is 0 Å². The predicted molar refractivity (Wildman–Crippen MR) is 66.8 cm³/mol. The van der Waals surface area contributed by atoms with Gasteiger partial charge in [-0.25, -0.2) is 0 Å². The van der Waals surface area contributed by atoms with E-state index in [1.807, 2.05) is 0 Å². The lowest BCUT2D eigenvalue weighted by Crippen LogP contribution is -2.46. The van der Waals surface area contributed by atoms with Crippen molar-refractivity contribution in [3.63, 3.8) is 0 Å². The average molecular weight is 240 g/mol. The Bertz CT molecular complexity index is 258. The van der Waals surface area contributed by atoms with Crippen molar-refractivity contribution in [1.82, 2.24) is 10.6 Å². The molecule has 0 bridgehead atoms. The molecule has 1 amide bonds. The highest BCUT2D eigenvalue weighted by atomic mass is 16.5. The van der Waals surface area contributed by atoms with E-state index in [2.05, 4.69) is 17.6 Å². The van der Waals surface area contributed by atoms with E-state index in [0.29, 0.717) is 13.2 Å². The third kappa shape index (κ3) is 3.96. The number of carbonyl (C=O) groups is 1. The maximum absolute atomic E-state index is 12.0. The van der Waals surface area contributed by atoms with Gasteiger partial charge in [0.05, 0.1) is 6.61 Å². The summed E-state index contributed by atoms with van der Waals surface area (Å²) >= 11 is 0. The van der Waals surface area contributed by atoms with Gasteiger partial charge in [0.1, 0.15) is 0 Å². The first-order valence-corrected chi connectivity index (χ1v) is 6.77. The van der Waals surface area contributed by atoms with Gasteiger partial charge in [-0.1, -0.05) is 6.92 Å². The number of hydrogen-bond donors (Lipinski definition) is 2. The monoisotopic (exact) mass is 240 g/mol. The van der Waals surface area contributed by atoms with Crippen LogP contribution in [0.1, 0.15) is 32.6 Å². The minimum atomic E-state index is -0.179. The second-order valence-electron chi connectivity index (χ2n) is 5.58. The van der Waals surface area contributed by atoms with Crippen molar-refractivity contribution in [2.75, 3.05) is 32.8 Å². The molecule has 1 saturated heterocycles. The summed E-state index contributed by atoms with van der Waals surface area (Å²) in [5.41, 5.74) is -0.179. The van der Waals surface area contributed by atoms with Crippen LogP contribution in [-0.4, -0.2) is 38.8 Å². The fourth-order valence-corrected chi connectivity index (χ4v) is 2.19. The lowest BCUT2D eigenvalue weighted by Gasteiger charge is -2.32. The van der Waals surface area contributed by atoms with Crippen molar-refractivity contribution < 1.29 is 9.53 Å². The van der Waals surface area contributed by atoms with Crippen LogP contribution in [0.25, 0.3) is 0 Å². The molecule has 1 saturated carbocycles. The van der Waals surface area contributed by atoms with E-state index in [4.69, 9.17) is 4.74 Å². The summed E-state index contributed by atoms with van der Waals surface area (Å²) in [6, 6.07) is 0. The molecule has 4 nitrogen and oxygen atoms in total. The Labute approximate surface area is 103 Å². The van der Waals surface area contributed by atoms with Gasteiger partial charge in [-0.3, -0.25) is 4.79 Å². The van der Waals surface area contributed by atoms with Gasteiger partial charge in [-0.15, -0.1) is 0 Å². The molecule has 2 N–H and O–H groups in total. The summed E-state index contributed by atoms with van der Waals surface area (Å²) in [6.07, 6.45) is 4.50. The summed E-state index contributed by atoms with van der Waals surface area (Å²) in [6.45, 7) is 6.13. The van der Waals surface area contributed by atoms with Crippen molar-refractivity contribution in [1.29, 1.82) is 0 Å². The Morgan fingerprint density at radius 2 is 2.12 bits per heavy atom. The standard InChI is InChI=1S/C13H24N2O2/c1-13(4-6-14-7-5-13)12(16)15-8-9-17-10-11-2-3-11/h11,14H,2-10H2,1H3,(H,15,16). The summed E-state index contributed by atoms with van der Waals surface area (Å²) in [7, 11) is 0. The van der Waals surface area contributed by atoms with Gasteiger partial charge in [0.2, 0.25) is 5.91 Å². The molecule has 2 rings (SSSR count). The van der Waals surface area contributed by atoms with Crippen LogP contribution in [0.2, 0.25) is 0 Å². The van der Waals surface area contributed by atoms with Crippen LogP contribution in [0.5, 0.6) is 0 Å². The van der Waals surface area contributed by atoms with Gasteiger partial charge >= 0.3 is 0 Å². The largest absolute Gasteiger partial charge is 0.379 e. The SMILES string of the molecule is CC1(C(=O)NCCOCC2CC2)CCNCC1. The second kappa shape index (κ2) is 5.83. The van der Waals surface area contributed by atoms with Crippen LogP contribution in [0.15, 0.2) is 0 Å². The number of piperidine rings is 1. The normalized spacial score (nSPS) is 23.4. The lowest BCUT2D eigenvalue weighted by molar-refractivity contribution is -0.131. The molecule has 0 atom stereocenters. The Kier molecular flexibility index (Phi) is 4.40. The zero-order valence-electron chi connectivity index (χ0n) is 10.8. The Morgan fingerprint density at radius 1 is 1.41 bits per heavy atom. The van der Waals surface area contributed by atoms with Crippen molar-refractivity contribution in [3.8, 4) is 0 Å². The van der Waals surface area contributed by atoms with Gasteiger partial charge in [0, 0.05) is 18.6 Å². The van der Waals surface area contributed by atoms with Crippen molar-refractivity contribution in [2.24, 2.45) is 11.3 Å². The van der Waals surface area contributed by atoms with Crippen LogP contribution in [0.3, 0.4) is 0 Å². The van der Waals surface area contributed by atoms with Crippen molar-refractivity contribution >= 4 is 5.91 Å². The summed E-state index contributed by atoms with van der Waals surface area (Å²) < 4.78 is 5.50. The van der Waals surface area contributed by atoms with Crippen molar-refractivity contribution in [2.45, 2.75) is 32.6 Å². The molecule has 1 heterocycles. The molecule has 2 fully saturated rings. The quantitative estimate of drug-likeness (QED) is 0.679. The minimum Gasteiger partial charge on any atom is -0.379 e. The van der Waals surface area contributed by atoms with E-state index in [9.17, 15) is 4.79 Å². The third-order valence-corrected chi connectivity index (χ3v) is 3.84. The van der Waals surface area contributed by atoms with E-state index >= 15 is 0 Å². The fourth-order valence-electron chi connectivity index (χ4n) is 2.19. The van der Waals surface area contributed by atoms with Crippen LogP contribution in [0.4, 0.5) is 0 Å². The number of rotatable bonds is 6. The van der Waals surface area contributed by atoms with Crippen LogP contribution >= 0.6 is 0 Å². The van der Waals surface area contributed by atoms with Gasteiger partial charge < -0.3 is 15.4 Å². The molecule has 0 aromatic carbocycles. The molecule has 4 heteroatoms. The first-order valence-electron chi connectivity index (χ1n) is 6.77. The molecule has 1 aliphatic carbocycles. The number of nitrogens with one attached hydrogen (secondary N) is 2. The zero-order valence-corrected chi connectivity index (χ0v) is 10.8. The molecule has 98 valence electrons. The molecule has 0 radical (unpaired) electrons. The Hall–Kier alpha value is -0.610. The molecule has 0 unspecified atom stereocenters.